The van der Waals surface area contributed by atoms with Gasteiger partial charge in [0.2, 0.25) is 5.89 Å². The molecule has 0 saturated heterocycles. The zero-order valence-corrected chi connectivity index (χ0v) is 16.3. The Morgan fingerprint density at radius 2 is 2.25 bits per heavy atom. The largest absolute Gasteiger partial charge is 0.371 e. The van der Waals surface area contributed by atoms with Crippen molar-refractivity contribution < 1.29 is 13.7 Å². The highest BCUT2D eigenvalue weighted by molar-refractivity contribution is 5.83. The van der Waals surface area contributed by atoms with Gasteiger partial charge < -0.3 is 24.9 Å². The number of halogens is 1. The van der Waals surface area contributed by atoms with Crippen LogP contribution in [0.5, 0.6) is 0 Å². The van der Waals surface area contributed by atoms with Crippen LogP contribution in [0.25, 0.3) is 10.9 Å². The fourth-order valence-corrected chi connectivity index (χ4v) is 2.88. The van der Waals surface area contributed by atoms with Crippen LogP contribution in [0.1, 0.15) is 37.2 Å². The van der Waals surface area contributed by atoms with Crippen LogP contribution in [0.3, 0.4) is 0 Å². The number of fused-ring (bicyclic) bond motifs is 1. The summed E-state index contributed by atoms with van der Waals surface area (Å²) in [7, 11) is 1.69. The number of nitrogens with zero attached hydrogens (tertiary/aromatic N) is 3. The lowest BCUT2D eigenvalue weighted by Gasteiger charge is -2.10. The standard InChI is InChI=1S/C19H25FN6O2/c1-4-27-12(2)18-25-17(28-26-18)11-24-19(21-3)22-8-7-13-10-23-16-6-5-14(20)9-15(13)16/h5-6,9-10,12,23H,4,7-8,11H2,1-3H3,(H2,21,22,24). The van der Waals surface area contributed by atoms with Gasteiger partial charge in [0.1, 0.15) is 11.9 Å². The van der Waals surface area contributed by atoms with Crippen molar-refractivity contribution >= 4 is 16.9 Å². The first-order chi connectivity index (χ1) is 13.6. The van der Waals surface area contributed by atoms with Crippen molar-refractivity contribution in [3.8, 4) is 0 Å². The predicted octanol–water partition coefficient (Wildman–Crippen LogP) is 2.70. The number of hydrogen-bond acceptors (Lipinski definition) is 5. The minimum atomic E-state index is -0.239. The Kier molecular flexibility index (Phi) is 6.59. The van der Waals surface area contributed by atoms with Crippen molar-refractivity contribution in [2.24, 2.45) is 4.99 Å². The highest BCUT2D eigenvalue weighted by atomic mass is 19.1. The van der Waals surface area contributed by atoms with E-state index in [0.717, 1.165) is 22.9 Å². The first kappa shape index (κ1) is 19.8. The number of aliphatic imine (C=N–C) groups is 1. The van der Waals surface area contributed by atoms with Crippen molar-refractivity contribution in [1.82, 2.24) is 25.8 Å². The summed E-state index contributed by atoms with van der Waals surface area (Å²) in [5.74, 6) is 1.35. The molecule has 3 aromatic rings. The maximum Gasteiger partial charge on any atom is 0.246 e. The predicted molar refractivity (Wildman–Crippen MR) is 105 cm³/mol. The molecule has 9 heteroatoms. The molecule has 0 aliphatic rings. The Hall–Kier alpha value is -2.94. The van der Waals surface area contributed by atoms with Crippen LogP contribution in [0.4, 0.5) is 4.39 Å². The number of guanidine groups is 1. The average Bonchev–Trinajstić information content (AvgIpc) is 3.32. The number of hydrogen-bond donors (Lipinski definition) is 3. The van der Waals surface area contributed by atoms with Crippen LogP contribution < -0.4 is 10.6 Å². The van der Waals surface area contributed by atoms with E-state index in [2.05, 4.69) is 30.8 Å². The zero-order chi connectivity index (χ0) is 19.9. The second-order valence-electron chi connectivity index (χ2n) is 6.25. The van der Waals surface area contributed by atoms with Gasteiger partial charge in [0.05, 0.1) is 6.54 Å². The molecule has 0 bridgehead atoms. The van der Waals surface area contributed by atoms with Gasteiger partial charge >= 0.3 is 0 Å². The molecule has 0 amide bonds. The third kappa shape index (κ3) is 4.86. The molecule has 0 fully saturated rings. The summed E-state index contributed by atoms with van der Waals surface area (Å²) in [6, 6.07) is 4.74. The first-order valence-corrected chi connectivity index (χ1v) is 9.24. The molecule has 2 aromatic heterocycles. The van der Waals surface area contributed by atoms with E-state index in [-0.39, 0.29) is 11.9 Å². The second-order valence-corrected chi connectivity index (χ2v) is 6.25. The Labute approximate surface area is 162 Å². The van der Waals surface area contributed by atoms with Crippen LogP contribution >= 0.6 is 0 Å². The van der Waals surface area contributed by atoms with Crippen LogP contribution in [-0.2, 0) is 17.7 Å². The van der Waals surface area contributed by atoms with Gasteiger partial charge in [0.25, 0.3) is 0 Å². The Balaban J connectivity index is 1.49. The monoisotopic (exact) mass is 388 g/mol. The van der Waals surface area contributed by atoms with E-state index in [4.69, 9.17) is 9.26 Å². The Morgan fingerprint density at radius 3 is 3.04 bits per heavy atom. The number of aromatic nitrogens is 3. The number of ether oxygens (including phenoxy) is 1. The Morgan fingerprint density at radius 1 is 1.39 bits per heavy atom. The van der Waals surface area contributed by atoms with Crippen molar-refractivity contribution in [2.75, 3.05) is 20.2 Å². The smallest absolute Gasteiger partial charge is 0.246 e. The van der Waals surface area contributed by atoms with E-state index < -0.39 is 0 Å². The van der Waals surface area contributed by atoms with Gasteiger partial charge in [-0.25, -0.2) is 4.39 Å². The molecule has 3 rings (SSSR count). The molecule has 3 N–H and O–H groups in total. The molecular weight excluding hydrogens is 363 g/mol. The molecule has 0 aliphatic carbocycles. The topological polar surface area (TPSA) is 100 Å². The van der Waals surface area contributed by atoms with Crippen LogP contribution in [0, 0.1) is 5.82 Å². The maximum absolute atomic E-state index is 13.5. The van der Waals surface area contributed by atoms with Crippen LogP contribution in [0.2, 0.25) is 0 Å². The molecule has 1 atom stereocenters. The van der Waals surface area contributed by atoms with Crippen molar-refractivity contribution in [2.45, 2.75) is 32.9 Å². The van der Waals surface area contributed by atoms with Crippen molar-refractivity contribution in [1.29, 1.82) is 0 Å². The van der Waals surface area contributed by atoms with Gasteiger partial charge in [-0.3, -0.25) is 4.99 Å². The van der Waals surface area contributed by atoms with E-state index in [1.807, 2.05) is 20.0 Å². The molecule has 150 valence electrons. The van der Waals surface area contributed by atoms with E-state index in [0.29, 0.717) is 37.4 Å². The number of H-pyrrole nitrogens is 1. The minimum Gasteiger partial charge on any atom is -0.371 e. The first-order valence-electron chi connectivity index (χ1n) is 9.24. The van der Waals surface area contributed by atoms with Gasteiger partial charge in [-0.15, -0.1) is 0 Å². The molecule has 2 heterocycles. The number of aromatic amines is 1. The molecule has 0 radical (unpaired) electrons. The lowest BCUT2D eigenvalue weighted by molar-refractivity contribution is 0.0683. The highest BCUT2D eigenvalue weighted by Crippen LogP contribution is 2.19. The van der Waals surface area contributed by atoms with Gasteiger partial charge in [-0.05, 0) is 44.0 Å². The normalized spacial score (nSPS) is 13.1. The lowest BCUT2D eigenvalue weighted by Crippen LogP contribution is -2.37. The van der Waals surface area contributed by atoms with Crippen molar-refractivity contribution in [3.63, 3.8) is 0 Å². The molecule has 0 aliphatic heterocycles. The van der Waals surface area contributed by atoms with Gasteiger partial charge in [0.15, 0.2) is 11.8 Å². The van der Waals surface area contributed by atoms with Gasteiger partial charge in [0, 0.05) is 37.3 Å². The van der Waals surface area contributed by atoms with Crippen LogP contribution in [-0.4, -0.2) is 41.3 Å². The summed E-state index contributed by atoms with van der Waals surface area (Å²) in [4.78, 5) is 11.6. The minimum absolute atomic E-state index is 0.207. The lowest BCUT2D eigenvalue weighted by atomic mass is 10.1. The third-order valence-electron chi connectivity index (χ3n) is 4.31. The Bertz CT molecular complexity index is 936. The average molecular weight is 388 g/mol. The van der Waals surface area contributed by atoms with E-state index in [9.17, 15) is 4.39 Å². The summed E-state index contributed by atoms with van der Waals surface area (Å²) < 4.78 is 24.1. The third-order valence-corrected chi connectivity index (χ3v) is 4.31. The molecule has 0 spiro atoms. The highest BCUT2D eigenvalue weighted by Gasteiger charge is 2.14. The molecule has 28 heavy (non-hydrogen) atoms. The number of nitrogens with one attached hydrogen (secondary N) is 3. The molecule has 8 nitrogen and oxygen atoms in total. The molecular formula is C19H25FN6O2. The van der Waals surface area contributed by atoms with E-state index >= 15 is 0 Å². The van der Waals surface area contributed by atoms with E-state index in [1.54, 1.807) is 19.2 Å². The maximum atomic E-state index is 13.5. The van der Waals surface area contributed by atoms with Crippen LogP contribution in [0.15, 0.2) is 33.9 Å². The summed E-state index contributed by atoms with van der Waals surface area (Å²) in [6.45, 7) is 5.37. The summed E-state index contributed by atoms with van der Waals surface area (Å²) in [5, 5.41) is 11.2. The number of benzene rings is 1. The van der Waals surface area contributed by atoms with Gasteiger partial charge in [-0.2, -0.15) is 4.98 Å². The van der Waals surface area contributed by atoms with Crippen molar-refractivity contribution in [3.05, 3.63) is 47.5 Å². The number of rotatable bonds is 8. The fraction of sp³-hybridized carbons (Fsp3) is 0.421. The summed E-state index contributed by atoms with van der Waals surface area (Å²) in [6.07, 6.45) is 2.42. The van der Waals surface area contributed by atoms with E-state index in [1.165, 1.54) is 6.07 Å². The SMILES string of the molecule is CCOC(C)c1noc(CNC(=NC)NCCc2c[nH]c3ccc(F)cc23)n1. The zero-order valence-electron chi connectivity index (χ0n) is 16.3. The van der Waals surface area contributed by atoms with Gasteiger partial charge in [-0.1, -0.05) is 5.16 Å². The summed E-state index contributed by atoms with van der Waals surface area (Å²) in [5.41, 5.74) is 1.97. The fourth-order valence-electron chi connectivity index (χ4n) is 2.88. The summed E-state index contributed by atoms with van der Waals surface area (Å²) >= 11 is 0. The molecule has 1 unspecified atom stereocenters. The molecule has 0 saturated carbocycles. The molecule has 1 aromatic carbocycles. The quantitative estimate of drug-likeness (QED) is 0.405. The second kappa shape index (κ2) is 9.32.